The Balaban J connectivity index is 1.59. The van der Waals surface area contributed by atoms with Gasteiger partial charge in [0.1, 0.15) is 0 Å². The molecule has 1 N–H and O–H groups in total. The van der Waals surface area contributed by atoms with Gasteiger partial charge < -0.3 is 9.80 Å². The average Bonchev–Trinajstić information content (AvgIpc) is 3.10. The van der Waals surface area contributed by atoms with Crippen LogP contribution in [-0.4, -0.2) is 68.9 Å². The van der Waals surface area contributed by atoms with Gasteiger partial charge >= 0.3 is 0 Å². The van der Waals surface area contributed by atoms with Gasteiger partial charge in [0.05, 0.1) is 5.25 Å². The van der Waals surface area contributed by atoms with E-state index in [1.807, 2.05) is 36.1 Å². The molecule has 0 aliphatic carbocycles. The van der Waals surface area contributed by atoms with Crippen LogP contribution in [0.5, 0.6) is 0 Å². The normalized spacial score (nSPS) is 16.8. The van der Waals surface area contributed by atoms with Crippen molar-refractivity contribution in [2.75, 3.05) is 32.7 Å². The number of hydrogen-bond acceptors (Lipinski definition) is 5. The van der Waals surface area contributed by atoms with Crippen molar-refractivity contribution < 1.29 is 4.79 Å². The van der Waals surface area contributed by atoms with Crippen LogP contribution in [0.15, 0.2) is 29.4 Å². The summed E-state index contributed by atoms with van der Waals surface area (Å²) in [6.45, 7) is 10.7. The van der Waals surface area contributed by atoms with Gasteiger partial charge in [0.15, 0.2) is 5.82 Å². The molecule has 0 bridgehead atoms. The maximum atomic E-state index is 12.6. The lowest BCUT2D eigenvalue weighted by Gasteiger charge is -2.35. The maximum absolute atomic E-state index is 12.6. The number of hydrogen-bond donors (Lipinski definition) is 1. The molecule has 1 saturated heterocycles. The Morgan fingerprint density at radius 2 is 1.92 bits per heavy atom. The standard InChI is InChI=1S/C18H25N5OS/c1-4-22-9-11-23(12-10-22)17(24)14(3)25-18-19-16(20-21-18)15-7-5-13(2)6-8-15/h5-8,14H,4,9-12H2,1-3H3,(H,19,20,21)/t14-/m0/s1. The van der Waals surface area contributed by atoms with Crippen LogP contribution in [0.25, 0.3) is 11.4 Å². The van der Waals surface area contributed by atoms with Crippen molar-refractivity contribution in [1.29, 1.82) is 0 Å². The molecule has 25 heavy (non-hydrogen) atoms. The minimum Gasteiger partial charge on any atom is -0.339 e. The molecule has 1 aromatic carbocycles. The van der Waals surface area contributed by atoms with Crippen molar-refractivity contribution in [1.82, 2.24) is 25.0 Å². The number of benzene rings is 1. The minimum atomic E-state index is -0.185. The summed E-state index contributed by atoms with van der Waals surface area (Å²) in [6, 6.07) is 8.14. The van der Waals surface area contributed by atoms with Gasteiger partial charge in [0.2, 0.25) is 11.1 Å². The van der Waals surface area contributed by atoms with E-state index < -0.39 is 0 Å². The van der Waals surface area contributed by atoms with Crippen molar-refractivity contribution in [3.63, 3.8) is 0 Å². The van der Waals surface area contributed by atoms with Crippen LogP contribution in [-0.2, 0) is 4.79 Å². The highest BCUT2D eigenvalue weighted by Gasteiger charge is 2.26. The molecule has 0 radical (unpaired) electrons. The number of carbonyl (C=O) groups is 1. The van der Waals surface area contributed by atoms with Crippen LogP contribution in [0.3, 0.4) is 0 Å². The Morgan fingerprint density at radius 3 is 2.56 bits per heavy atom. The highest BCUT2D eigenvalue weighted by Crippen LogP contribution is 2.24. The summed E-state index contributed by atoms with van der Waals surface area (Å²) in [6.07, 6.45) is 0. The molecule has 7 heteroatoms. The predicted octanol–water partition coefficient (Wildman–Crippen LogP) is 2.42. The number of carbonyl (C=O) groups excluding carboxylic acids is 1. The first-order valence-corrected chi connectivity index (χ1v) is 9.62. The van der Waals surface area contributed by atoms with Gasteiger partial charge in [0, 0.05) is 31.7 Å². The van der Waals surface area contributed by atoms with E-state index in [2.05, 4.69) is 33.9 Å². The first-order chi connectivity index (χ1) is 12.1. The van der Waals surface area contributed by atoms with Crippen LogP contribution in [0.4, 0.5) is 0 Å². The van der Waals surface area contributed by atoms with Gasteiger partial charge in [-0.3, -0.25) is 9.89 Å². The summed E-state index contributed by atoms with van der Waals surface area (Å²) >= 11 is 1.41. The Kier molecular flexibility index (Phi) is 5.75. The van der Waals surface area contributed by atoms with E-state index in [0.29, 0.717) is 5.16 Å². The summed E-state index contributed by atoms with van der Waals surface area (Å²) in [5.41, 5.74) is 2.21. The van der Waals surface area contributed by atoms with Crippen molar-refractivity contribution in [2.24, 2.45) is 0 Å². The molecular weight excluding hydrogens is 334 g/mol. The number of thioether (sulfide) groups is 1. The number of aromatic amines is 1. The molecule has 1 aliphatic heterocycles. The third kappa shape index (κ3) is 4.41. The number of likely N-dealkylation sites (N-methyl/N-ethyl adjacent to an activating group) is 1. The fraction of sp³-hybridized carbons (Fsp3) is 0.500. The van der Waals surface area contributed by atoms with Gasteiger partial charge in [-0.05, 0) is 20.4 Å². The van der Waals surface area contributed by atoms with E-state index >= 15 is 0 Å². The summed E-state index contributed by atoms with van der Waals surface area (Å²) in [7, 11) is 0. The second-order valence-electron chi connectivity index (χ2n) is 6.35. The van der Waals surface area contributed by atoms with E-state index in [4.69, 9.17) is 0 Å². The summed E-state index contributed by atoms with van der Waals surface area (Å²) in [5, 5.41) is 7.65. The molecule has 1 atom stereocenters. The highest BCUT2D eigenvalue weighted by atomic mass is 32.2. The summed E-state index contributed by atoms with van der Waals surface area (Å²) in [5.74, 6) is 0.904. The molecule has 0 spiro atoms. The second-order valence-corrected chi connectivity index (χ2v) is 7.66. The molecule has 0 unspecified atom stereocenters. The second kappa shape index (κ2) is 8.01. The van der Waals surface area contributed by atoms with Gasteiger partial charge in [0.25, 0.3) is 0 Å². The molecular formula is C18H25N5OS. The SMILES string of the molecule is CCN1CCN(C(=O)[C@H](C)Sc2n[nH]c(-c3ccc(C)cc3)n2)CC1. The van der Waals surface area contributed by atoms with Gasteiger partial charge in [-0.15, -0.1) is 5.10 Å². The quantitative estimate of drug-likeness (QED) is 0.831. The molecule has 0 saturated carbocycles. The fourth-order valence-corrected chi connectivity index (χ4v) is 3.70. The number of aromatic nitrogens is 3. The van der Waals surface area contributed by atoms with Crippen LogP contribution in [0, 0.1) is 6.92 Å². The van der Waals surface area contributed by atoms with Crippen LogP contribution in [0.1, 0.15) is 19.4 Å². The lowest BCUT2D eigenvalue weighted by atomic mass is 10.1. The van der Waals surface area contributed by atoms with Crippen LogP contribution in [0.2, 0.25) is 0 Å². The van der Waals surface area contributed by atoms with Gasteiger partial charge in [-0.25, -0.2) is 4.98 Å². The molecule has 1 aromatic heterocycles. The maximum Gasteiger partial charge on any atom is 0.235 e. The number of H-pyrrole nitrogens is 1. The first-order valence-electron chi connectivity index (χ1n) is 8.74. The Bertz CT molecular complexity index is 707. The first kappa shape index (κ1) is 17.9. The van der Waals surface area contributed by atoms with Crippen molar-refractivity contribution in [3.05, 3.63) is 29.8 Å². The lowest BCUT2D eigenvalue weighted by molar-refractivity contribution is -0.132. The molecule has 1 amide bonds. The van der Waals surface area contributed by atoms with E-state index in [1.165, 1.54) is 17.3 Å². The number of aryl methyl sites for hydroxylation is 1. The fourth-order valence-electron chi connectivity index (χ4n) is 2.89. The van der Waals surface area contributed by atoms with Crippen molar-refractivity contribution in [2.45, 2.75) is 31.2 Å². The van der Waals surface area contributed by atoms with Gasteiger partial charge in [-0.2, -0.15) is 0 Å². The summed E-state index contributed by atoms with van der Waals surface area (Å²) in [4.78, 5) is 21.5. The predicted molar refractivity (Wildman–Crippen MR) is 101 cm³/mol. The molecule has 2 heterocycles. The molecule has 2 aromatic rings. The number of nitrogens with one attached hydrogen (secondary N) is 1. The minimum absolute atomic E-state index is 0.169. The Morgan fingerprint density at radius 1 is 1.24 bits per heavy atom. The average molecular weight is 359 g/mol. The smallest absolute Gasteiger partial charge is 0.235 e. The van der Waals surface area contributed by atoms with Gasteiger partial charge in [-0.1, -0.05) is 48.5 Å². The number of piperazine rings is 1. The number of amides is 1. The van der Waals surface area contributed by atoms with E-state index in [0.717, 1.165) is 44.1 Å². The van der Waals surface area contributed by atoms with Crippen molar-refractivity contribution >= 4 is 17.7 Å². The van der Waals surface area contributed by atoms with E-state index in [1.54, 1.807) is 0 Å². The molecule has 1 aliphatic rings. The molecule has 134 valence electrons. The van der Waals surface area contributed by atoms with Crippen LogP contribution < -0.4 is 0 Å². The lowest BCUT2D eigenvalue weighted by Crippen LogP contribution is -2.50. The number of nitrogens with zero attached hydrogens (tertiary/aromatic N) is 4. The van der Waals surface area contributed by atoms with Crippen molar-refractivity contribution in [3.8, 4) is 11.4 Å². The zero-order valence-corrected chi connectivity index (χ0v) is 15.8. The Labute approximate surface area is 153 Å². The summed E-state index contributed by atoms with van der Waals surface area (Å²) < 4.78 is 0. The molecule has 1 fully saturated rings. The number of rotatable bonds is 5. The molecule has 3 rings (SSSR count). The van der Waals surface area contributed by atoms with E-state index in [9.17, 15) is 4.79 Å². The zero-order chi connectivity index (χ0) is 17.8. The zero-order valence-electron chi connectivity index (χ0n) is 15.0. The largest absolute Gasteiger partial charge is 0.339 e. The third-order valence-corrected chi connectivity index (χ3v) is 5.50. The Hall–Kier alpha value is -1.86. The van der Waals surface area contributed by atoms with Crippen LogP contribution >= 0.6 is 11.8 Å². The monoisotopic (exact) mass is 359 g/mol. The highest BCUT2D eigenvalue weighted by molar-refractivity contribution is 8.00. The van der Waals surface area contributed by atoms with E-state index in [-0.39, 0.29) is 11.2 Å². The third-order valence-electron chi connectivity index (χ3n) is 4.55. The topological polar surface area (TPSA) is 65.1 Å². The molecule has 6 nitrogen and oxygen atoms in total.